The first-order chi connectivity index (χ1) is 17.9. The molecule has 0 unspecified atom stereocenters. The van der Waals surface area contributed by atoms with Crippen LogP contribution in [-0.2, 0) is 13.5 Å². The lowest BCUT2D eigenvalue weighted by Gasteiger charge is -2.30. The Labute approximate surface area is 225 Å². The van der Waals surface area contributed by atoms with Crippen molar-refractivity contribution in [1.82, 2.24) is 30.0 Å². The highest BCUT2D eigenvalue weighted by molar-refractivity contribution is 6.32. The van der Waals surface area contributed by atoms with Crippen molar-refractivity contribution < 1.29 is 9.90 Å². The number of amides is 1. The predicted octanol–water partition coefficient (Wildman–Crippen LogP) is 5.36. The van der Waals surface area contributed by atoms with Gasteiger partial charge in [-0.2, -0.15) is 5.10 Å². The molecule has 204 valence electrons. The molecule has 0 bridgehead atoms. The summed E-state index contributed by atoms with van der Waals surface area (Å²) in [6.45, 7) is 1.67. The molecule has 2 heterocycles. The number of carbonyl (C=O) groups is 1. The van der Waals surface area contributed by atoms with E-state index in [0.717, 1.165) is 75.1 Å². The van der Waals surface area contributed by atoms with Gasteiger partial charge in [0.1, 0.15) is 0 Å². The number of halogens is 1. The van der Waals surface area contributed by atoms with Gasteiger partial charge in [-0.3, -0.25) is 4.68 Å². The second kappa shape index (κ2) is 13.4. The Hall–Kier alpha value is -2.39. The number of nitrogens with zero attached hydrogens (tertiary/aromatic N) is 5. The highest BCUT2D eigenvalue weighted by Gasteiger charge is 2.26. The number of rotatable bonds is 14. The Morgan fingerprint density at radius 1 is 1.08 bits per heavy atom. The summed E-state index contributed by atoms with van der Waals surface area (Å²) in [6, 6.07) is 0.945. The van der Waals surface area contributed by atoms with E-state index in [2.05, 4.69) is 20.7 Å². The molecule has 2 aromatic rings. The minimum absolute atomic E-state index is 0.371. The van der Waals surface area contributed by atoms with Crippen molar-refractivity contribution in [2.24, 2.45) is 13.0 Å². The van der Waals surface area contributed by atoms with Crippen LogP contribution in [0.5, 0.6) is 0 Å². The van der Waals surface area contributed by atoms with Crippen LogP contribution in [0.4, 0.5) is 10.7 Å². The molecule has 2 aromatic heterocycles. The summed E-state index contributed by atoms with van der Waals surface area (Å²) in [5.74, 6) is 1.40. The summed E-state index contributed by atoms with van der Waals surface area (Å²) in [5, 5.41) is 21.2. The molecule has 1 amide bonds. The third-order valence-electron chi connectivity index (χ3n) is 7.73. The number of aryl methyl sites for hydroxylation is 1. The van der Waals surface area contributed by atoms with E-state index in [1.165, 1.54) is 36.3 Å². The van der Waals surface area contributed by atoms with Crippen LogP contribution in [-0.4, -0.2) is 68.1 Å². The van der Waals surface area contributed by atoms with Gasteiger partial charge in [-0.25, -0.2) is 14.8 Å². The van der Waals surface area contributed by atoms with Gasteiger partial charge in [0, 0.05) is 44.0 Å². The summed E-state index contributed by atoms with van der Waals surface area (Å²) < 4.78 is 1.95. The van der Waals surface area contributed by atoms with Crippen molar-refractivity contribution >= 4 is 23.6 Å². The van der Waals surface area contributed by atoms with Gasteiger partial charge in [0.15, 0.2) is 0 Å². The maximum absolute atomic E-state index is 10.8. The van der Waals surface area contributed by atoms with E-state index in [9.17, 15) is 4.79 Å². The summed E-state index contributed by atoms with van der Waals surface area (Å²) in [4.78, 5) is 21.4. The van der Waals surface area contributed by atoms with Gasteiger partial charge < -0.3 is 20.6 Å². The lowest BCUT2D eigenvalue weighted by atomic mass is 9.91. The van der Waals surface area contributed by atoms with Crippen LogP contribution < -0.4 is 10.6 Å². The molecule has 2 aliphatic rings. The van der Waals surface area contributed by atoms with E-state index >= 15 is 0 Å². The Morgan fingerprint density at radius 2 is 1.78 bits per heavy atom. The molecule has 0 atom stereocenters. The molecule has 0 aliphatic heterocycles. The first kappa shape index (κ1) is 27.6. The molecule has 2 fully saturated rings. The van der Waals surface area contributed by atoms with Gasteiger partial charge in [-0.05, 0) is 70.3 Å². The van der Waals surface area contributed by atoms with Crippen LogP contribution in [0.3, 0.4) is 0 Å². The number of unbranched alkanes of at least 4 members (excludes halogenated alkanes) is 4. The molecular formula is C27H42ClN7O2. The van der Waals surface area contributed by atoms with Gasteiger partial charge >= 0.3 is 6.09 Å². The molecule has 37 heavy (non-hydrogen) atoms. The first-order valence-corrected chi connectivity index (χ1v) is 14.3. The fraction of sp³-hybridized carbons (Fsp3) is 0.704. The highest BCUT2D eigenvalue weighted by Crippen LogP contribution is 2.37. The van der Waals surface area contributed by atoms with Gasteiger partial charge in [-0.1, -0.05) is 30.9 Å². The zero-order valence-corrected chi connectivity index (χ0v) is 23.0. The normalized spacial score (nSPS) is 19.6. The van der Waals surface area contributed by atoms with Gasteiger partial charge in [0.25, 0.3) is 0 Å². The van der Waals surface area contributed by atoms with Crippen molar-refractivity contribution in [3.05, 3.63) is 23.1 Å². The Kier molecular flexibility index (Phi) is 10.0. The van der Waals surface area contributed by atoms with E-state index in [-0.39, 0.29) is 0 Å². The molecule has 0 saturated heterocycles. The van der Waals surface area contributed by atoms with Crippen molar-refractivity contribution in [2.75, 3.05) is 25.5 Å². The van der Waals surface area contributed by atoms with E-state index in [0.29, 0.717) is 29.6 Å². The zero-order chi connectivity index (χ0) is 26.2. The molecule has 2 saturated carbocycles. The SMILES string of the molecule is CN(CCCCCCCN[C@H]1CC[C@H](Nc2ncc(Cl)c(-c3cnn(C)c3CC3CC3)n2)CC1)C(=O)O. The van der Waals surface area contributed by atoms with Crippen LogP contribution in [0.25, 0.3) is 11.3 Å². The molecule has 3 N–H and O–H groups in total. The molecule has 10 heteroatoms. The fourth-order valence-corrected chi connectivity index (χ4v) is 5.35. The van der Waals surface area contributed by atoms with Crippen LogP contribution in [0.15, 0.2) is 12.4 Å². The highest BCUT2D eigenvalue weighted by atomic mass is 35.5. The van der Waals surface area contributed by atoms with Crippen LogP contribution in [0.1, 0.15) is 76.3 Å². The number of anilines is 1. The minimum atomic E-state index is -0.845. The maximum atomic E-state index is 10.8. The first-order valence-electron chi connectivity index (χ1n) is 13.9. The number of carboxylic acid groups (broad SMARTS) is 1. The summed E-state index contributed by atoms with van der Waals surface area (Å²) in [6.07, 6.45) is 16.4. The van der Waals surface area contributed by atoms with Crippen LogP contribution in [0.2, 0.25) is 5.02 Å². The number of nitrogens with one attached hydrogen (secondary N) is 2. The molecule has 9 nitrogen and oxygen atoms in total. The van der Waals surface area contributed by atoms with E-state index < -0.39 is 6.09 Å². The molecule has 4 rings (SSSR count). The van der Waals surface area contributed by atoms with Crippen molar-refractivity contribution in [3.63, 3.8) is 0 Å². The van der Waals surface area contributed by atoms with E-state index in [1.807, 2.05) is 17.9 Å². The van der Waals surface area contributed by atoms with E-state index in [1.54, 1.807) is 13.2 Å². The quantitative estimate of drug-likeness (QED) is 0.282. The van der Waals surface area contributed by atoms with Gasteiger partial charge in [-0.15, -0.1) is 0 Å². The van der Waals surface area contributed by atoms with Crippen LogP contribution in [0, 0.1) is 5.92 Å². The average Bonchev–Trinajstić information content (AvgIpc) is 3.64. The van der Waals surface area contributed by atoms with Crippen LogP contribution >= 0.6 is 11.6 Å². The fourth-order valence-electron chi connectivity index (χ4n) is 5.15. The third kappa shape index (κ3) is 8.30. The topological polar surface area (TPSA) is 108 Å². The predicted molar refractivity (Wildman–Crippen MR) is 147 cm³/mol. The Balaban J connectivity index is 1.16. The molecule has 0 aromatic carbocycles. The summed E-state index contributed by atoms with van der Waals surface area (Å²) in [7, 11) is 3.62. The summed E-state index contributed by atoms with van der Waals surface area (Å²) in [5.41, 5.74) is 2.99. The lowest BCUT2D eigenvalue weighted by molar-refractivity contribution is 0.155. The molecule has 2 aliphatic carbocycles. The third-order valence-corrected chi connectivity index (χ3v) is 8.01. The van der Waals surface area contributed by atoms with Crippen molar-refractivity contribution in [2.45, 2.75) is 89.1 Å². The van der Waals surface area contributed by atoms with Crippen molar-refractivity contribution in [1.29, 1.82) is 0 Å². The second-order valence-electron chi connectivity index (χ2n) is 10.8. The average molecular weight is 532 g/mol. The lowest BCUT2D eigenvalue weighted by Crippen LogP contribution is -2.37. The Morgan fingerprint density at radius 3 is 2.51 bits per heavy atom. The zero-order valence-electron chi connectivity index (χ0n) is 22.3. The van der Waals surface area contributed by atoms with E-state index in [4.69, 9.17) is 21.7 Å². The minimum Gasteiger partial charge on any atom is -0.465 e. The molecule has 0 spiro atoms. The molecule has 0 radical (unpaired) electrons. The number of aromatic nitrogens is 4. The standard InChI is InChI=1S/C27H42ClN7O2/c1-34(27(36)37)15-7-5-3-4-6-14-29-20-10-12-21(13-11-20)32-26-30-18-23(28)25(33-26)22-17-31-35(2)24(22)16-19-8-9-19/h17-21,29H,3-16H2,1-2H3,(H,36,37)(H,30,32,33)/t20-,21-. The second-order valence-corrected chi connectivity index (χ2v) is 11.2. The van der Waals surface area contributed by atoms with Gasteiger partial charge in [0.05, 0.1) is 23.1 Å². The smallest absolute Gasteiger partial charge is 0.407 e. The monoisotopic (exact) mass is 531 g/mol. The summed E-state index contributed by atoms with van der Waals surface area (Å²) >= 11 is 6.52. The molecular weight excluding hydrogens is 490 g/mol. The number of hydrogen-bond acceptors (Lipinski definition) is 6. The largest absolute Gasteiger partial charge is 0.465 e. The Bertz CT molecular complexity index is 1020. The van der Waals surface area contributed by atoms with Crippen molar-refractivity contribution in [3.8, 4) is 11.3 Å². The van der Waals surface area contributed by atoms with Gasteiger partial charge in [0.2, 0.25) is 5.95 Å². The maximum Gasteiger partial charge on any atom is 0.407 e. The number of hydrogen-bond donors (Lipinski definition) is 3.